The van der Waals surface area contributed by atoms with E-state index in [1.807, 2.05) is 85.1 Å². The molecule has 0 saturated heterocycles. The molecule has 1 N–H and O–H groups in total. The number of ketones is 1. The number of hydrogen-bond acceptors (Lipinski definition) is 3. The van der Waals surface area contributed by atoms with Crippen LogP contribution in [0.5, 0.6) is 5.75 Å². The van der Waals surface area contributed by atoms with Crippen molar-refractivity contribution in [2.75, 3.05) is 0 Å². The second-order valence-electron chi connectivity index (χ2n) is 6.56. The molecule has 4 heteroatoms. The van der Waals surface area contributed by atoms with Crippen molar-refractivity contribution in [3.63, 3.8) is 0 Å². The molecule has 0 amide bonds. The van der Waals surface area contributed by atoms with Gasteiger partial charge >= 0.3 is 0 Å². The Kier molecular flexibility index (Phi) is 5.29. The first-order valence-corrected chi connectivity index (χ1v) is 9.16. The smallest absolute Gasteiger partial charge is 0.170 e. The van der Waals surface area contributed by atoms with E-state index in [0.29, 0.717) is 24.3 Å². The molecule has 1 heterocycles. The number of carbonyl (C=O) groups is 1. The Hall–Kier alpha value is -3.66. The molecule has 0 saturated carbocycles. The van der Waals surface area contributed by atoms with Gasteiger partial charge in [0.05, 0.1) is 11.8 Å². The summed E-state index contributed by atoms with van der Waals surface area (Å²) < 4.78 is 6.07. The summed E-state index contributed by atoms with van der Waals surface area (Å²) in [5, 5.41) is 6.82. The van der Waals surface area contributed by atoms with Crippen molar-refractivity contribution < 1.29 is 9.53 Å². The van der Waals surface area contributed by atoms with Gasteiger partial charge in [-0.1, -0.05) is 66.7 Å². The third-order valence-electron chi connectivity index (χ3n) is 4.56. The van der Waals surface area contributed by atoms with E-state index in [2.05, 4.69) is 10.2 Å². The molecule has 0 bridgehead atoms. The maximum atomic E-state index is 12.9. The van der Waals surface area contributed by atoms with Crippen molar-refractivity contribution in [1.29, 1.82) is 0 Å². The molecule has 0 aliphatic rings. The molecule has 1 aromatic heterocycles. The van der Waals surface area contributed by atoms with E-state index < -0.39 is 0 Å². The van der Waals surface area contributed by atoms with Crippen LogP contribution in [0, 0.1) is 0 Å². The zero-order chi connectivity index (χ0) is 19.2. The predicted octanol–water partition coefficient (Wildman–Crippen LogP) is 5.08. The van der Waals surface area contributed by atoms with Crippen molar-refractivity contribution in [2.45, 2.75) is 13.0 Å². The Morgan fingerprint density at radius 2 is 1.57 bits per heavy atom. The average Bonchev–Trinajstić information content (AvgIpc) is 3.28. The summed E-state index contributed by atoms with van der Waals surface area (Å²) in [7, 11) is 0. The van der Waals surface area contributed by atoms with Crippen LogP contribution in [0.25, 0.3) is 11.1 Å². The molecule has 0 radical (unpaired) electrons. The van der Waals surface area contributed by atoms with Crippen molar-refractivity contribution in [2.24, 2.45) is 0 Å². The number of rotatable bonds is 7. The van der Waals surface area contributed by atoms with Gasteiger partial charge in [0, 0.05) is 18.2 Å². The molecule has 28 heavy (non-hydrogen) atoms. The van der Waals surface area contributed by atoms with Gasteiger partial charge in [-0.15, -0.1) is 0 Å². The van der Waals surface area contributed by atoms with E-state index >= 15 is 0 Å². The van der Waals surface area contributed by atoms with E-state index in [0.717, 1.165) is 22.3 Å². The van der Waals surface area contributed by atoms with Gasteiger partial charge in [-0.25, -0.2) is 0 Å². The summed E-state index contributed by atoms with van der Waals surface area (Å²) in [5.74, 6) is 0.622. The summed E-state index contributed by atoms with van der Waals surface area (Å²) in [5.41, 5.74) is 4.53. The van der Waals surface area contributed by atoms with Crippen LogP contribution in [-0.4, -0.2) is 16.0 Å². The van der Waals surface area contributed by atoms with Gasteiger partial charge in [-0.3, -0.25) is 9.89 Å². The largest absolute Gasteiger partial charge is 0.488 e. The molecule has 4 nitrogen and oxygen atoms in total. The highest BCUT2D eigenvalue weighted by molar-refractivity contribution is 6.00. The molecular weight excluding hydrogens is 348 g/mol. The minimum absolute atomic E-state index is 0.0352. The first-order chi connectivity index (χ1) is 13.8. The van der Waals surface area contributed by atoms with Crippen LogP contribution in [0.3, 0.4) is 0 Å². The maximum Gasteiger partial charge on any atom is 0.170 e. The molecule has 0 atom stereocenters. The summed E-state index contributed by atoms with van der Waals surface area (Å²) >= 11 is 0. The third kappa shape index (κ3) is 4.18. The Balaban J connectivity index is 1.63. The number of hydrogen-bond donors (Lipinski definition) is 1. The highest BCUT2D eigenvalue weighted by atomic mass is 16.5. The fourth-order valence-electron chi connectivity index (χ4n) is 3.07. The number of aromatic amines is 1. The molecule has 4 rings (SSSR count). The SMILES string of the molecule is O=C(Cc1ccccc1)c1ccc(-c2cn[nH]c2)cc1OCc1ccccc1. The van der Waals surface area contributed by atoms with E-state index in [9.17, 15) is 4.79 Å². The van der Waals surface area contributed by atoms with Crippen LogP contribution in [-0.2, 0) is 13.0 Å². The predicted molar refractivity (Wildman–Crippen MR) is 109 cm³/mol. The molecule has 0 unspecified atom stereocenters. The Morgan fingerprint density at radius 1 is 0.857 bits per heavy atom. The van der Waals surface area contributed by atoms with E-state index in [1.54, 1.807) is 6.20 Å². The van der Waals surface area contributed by atoms with Crippen molar-refractivity contribution in [3.05, 3.63) is 108 Å². The van der Waals surface area contributed by atoms with Gasteiger partial charge in [-0.2, -0.15) is 5.10 Å². The van der Waals surface area contributed by atoms with Gasteiger partial charge < -0.3 is 4.74 Å². The van der Waals surface area contributed by atoms with Crippen molar-refractivity contribution in [3.8, 4) is 16.9 Å². The molecule has 0 aliphatic heterocycles. The maximum absolute atomic E-state index is 12.9. The van der Waals surface area contributed by atoms with Crippen molar-refractivity contribution >= 4 is 5.78 Å². The third-order valence-corrected chi connectivity index (χ3v) is 4.56. The molecular formula is C24H20N2O2. The number of Topliss-reactive ketones (excluding diaryl/α,β-unsaturated/α-hetero) is 1. The van der Waals surface area contributed by atoms with Crippen LogP contribution in [0.15, 0.2) is 91.3 Å². The molecule has 0 fully saturated rings. The zero-order valence-electron chi connectivity index (χ0n) is 15.3. The lowest BCUT2D eigenvalue weighted by molar-refractivity contribution is 0.0988. The summed E-state index contributed by atoms with van der Waals surface area (Å²) in [4.78, 5) is 12.9. The summed E-state index contributed by atoms with van der Waals surface area (Å²) in [6, 6.07) is 25.4. The topological polar surface area (TPSA) is 55.0 Å². The standard InChI is InChI=1S/C24H20N2O2/c27-23(13-18-7-3-1-4-8-18)22-12-11-20(21-15-25-26-16-21)14-24(22)28-17-19-9-5-2-6-10-19/h1-12,14-16H,13,17H2,(H,25,26). The van der Waals surface area contributed by atoms with Crippen LogP contribution in [0.2, 0.25) is 0 Å². The quantitative estimate of drug-likeness (QED) is 0.463. The molecule has 138 valence electrons. The van der Waals surface area contributed by atoms with E-state index in [1.165, 1.54) is 0 Å². The number of benzene rings is 3. The molecule has 0 aliphatic carbocycles. The summed E-state index contributed by atoms with van der Waals surface area (Å²) in [6.45, 7) is 0.404. The number of H-pyrrole nitrogens is 1. The minimum atomic E-state index is 0.0352. The van der Waals surface area contributed by atoms with Crippen LogP contribution in [0.4, 0.5) is 0 Å². The number of carbonyl (C=O) groups excluding carboxylic acids is 1. The highest BCUT2D eigenvalue weighted by Gasteiger charge is 2.15. The number of ether oxygens (including phenoxy) is 1. The summed E-state index contributed by atoms with van der Waals surface area (Å²) in [6.07, 6.45) is 3.91. The van der Waals surface area contributed by atoms with E-state index in [-0.39, 0.29) is 5.78 Å². The lowest BCUT2D eigenvalue weighted by Crippen LogP contribution is -2.07. The van der Waals surface area contributed by atoms with Crippen LogP contribution >= 0.6 is 0 Å². The van der Waals surface area contributed by atoms with Crippen LogP contribution in [0.1, 0.15) is 21.5 Å². The molecule has 3 aromatic carbocycles. The monoisotopic (exact) mass is 368 g/mol. The first kappa shape index (κ1) is 17.7. The Morgan fingerprint density at radius 3 is 2.25 bits per heavy atom. The minimum Gasteiger partial charge on any atom is -0.488 e. The second kappa shape index (κ2) is 8.35. The first-order valence-electron chi connectivity index (χ1n) is 9.16. The number of nitrogens with one attached hydrogen (secondary N) is 1. The lowest BCUT2D eigenvalue weighted by atomic mass is 9.99. The van der Waals surface area contributed by atoms with Gasteiger partial charge in [0.15, 0.2) is 5.78 Å². The fourth-order valence-corrected chi connectivity index (χ4v) is 3.07. The highest BCUT2D eigenvalue weighted by Crippen LogP contribution is 2.28. The average molecular weight is 368 g/mol. The lowest BCUT2D eigenvalue weighted by Gasteiger charge is -2.13. The zero-order valence-corrected chi connectivity index (χ0v) is 15.3. The normalized spacial score (nSPS) is 10.6. The van der Waals surface area contributed by atoms with Gasteiger partial charge in [0.2, 0.25) is 0 Å². The second-order valence-corrected chi connectivity index (χ2v) is 6.56. The van der Waals surface area contributed by atoms with Gasteiger partial charge in [-0.05, 0) is 28.8 Å². The van der Waals surface area contributed by atoms with Crippen LogP contribution < -0.4 is 4.74 Å². The Labute approximate surface area is 163 Å². The number of aromatic nitrogens is 2. The van der Waals surface area contributed by atoms with E-state index in [4.69, 9.17) is 4.74 Å². The molecule has 0 spiro atoms. The van der Waals surface area contributed by atoms with Crippen molar-refractivity contribution in [1.82, 2.24) is 10.2 Å². The number of nitrogens with zero attached hydrogens (tertiary/aromatic N) is 1. The fraction of sp³-hybridized carbons (Fsp3) is 0.0833. The van der Waals surface area contributed by atoms with Gasteiger partial charge in [0.25, 0.3) is 0 Å². The Bertz CT molecular complexity index is 1040. The molecule has 4 aromatic rings. The van der Waals surface area contributed by atoms with Gasteiger partial charge in [0.1, 0.15) is 12.4 Å².